The Hall–Kier alpha value is -1.93. The zero-order valence-corrected chi connectivity index (χ0v) is 18.1. The van der Waals surface area contributed by atoms with E-state index >= 15 is 0 Å². The van der Waals surface area contributed by atoms with Crippen molar-refractivity contribution in [3.8, 4) is 0 Å². The smallest absolute Gasteiger partial charge is 0.332 e. The van der Waals surface area contributed by atoms with Crippen LogP contribution in [0.2, 0.25) is 0 Å². The molecule has 0 spiro atoms. The molecule has 8 heteroatoms. The molecule has 2 aliphatic rings. The van der Waals surface area contributed by atoms with Crippen LogP contribution in [0.1, 0.15) is 43.6 Å². The highest BCUT2D eigenvalue weighted by Gasteiger charge is 2.27. The average molecular weight is 421 g/mol. The summed E-state index contributed by atoms with van der Waals surface area (Å²) in [6.45, 7) is 7.58. The summed E-state index contributed by atoms with van der Waals surface area (Å²) in [5.41, 5.74) is 0.364. The Morgan fingerprint density at radius 2 is 2.00 bits per heavy atom. The van der Waals surface area contributed by atoms with E-state index in [-0.39, 0.29) is 24.4 Å². The molecule has 0 bridgehead atoms. The van der Waals surface area contributed by atoms with Crippen molar-refractivity contribution in [1.82, 2.24) is 9.13 Å². The van der Waals surface area contributed by atoms with Gasteiger partial charge in [0.2, 0.25) is 0 Å². The highest BCUT2D eigenvalue weighted by atomic mass is 32.1. The second kappa shape index (κ2) is 8.44. The van der Waals surface area contributed by atoms with Crippen molar-refractivity contribution < 1.29 is 14.4 Å². The van der Waals surface area contributed by atoms with Gasteiger partial charge in [-0.25, -0.2) is 9.36 Å². The molecule has 7 nitrogen and oxygen atoms in total. The molecule has 0 amide bonds. The minimum Gasteiger partial charge on any atom is -0.465 e. The first-order valence-corrected chi connectivity index (χ1v) is 11.6. The van der Waals surface area contributed by atoms with Crippen LogP contribution in [0.3, 0.4) is 0 Å². The predicted molar refractivity (Wildman–Crippen MR) is 113 cm³/mol. The van der Waals surface area contributed by atoms with Crippen LogP contribution in [0, 0.1) is 5.92 Å². The Morgan fingerprint density at radius 3 is 2.72 bits per heavy atom. The molecule has 1 atom stereocenters. The Labute approximate surface area is 173 Å². The van der Waals surface area contributed by atoms with E-state index in [1.165, 1.54) is 22.6 Å². The van der Waals surface area contributed by atoms with Crippen LogP contribution < -0.4 is 16.1 Å². The Balaban J connectivity index is 1.82. The molecule has 0 saturated carbocycles. The largest absolute Gasteiger partial charge is 0.465 e. The lowest BCUT2D eigenvalue weighted by molar-refractivity contribution is -0.888. The van der Waals surface area contributed by atoms with Crippen molar-refractivity contribution in [1.29, 1.82) is 0 Å². The molecule has 1 aliphatic carbocycles. The van der Waals surface area contributed by atoms with Gasteiger partial charge in [-0.15, -0.1) is 11.3 Å². The summed E-state index contributed by atoms with van der Waals surface area (Å²) in [5.74, 6) is 0.0482. The van der Waals surface area contributed by atoms with Crippen molar-refractivity contribution in [2.75, 3.05) is 26.2 Å². The third-order valence-corrected chi connectivity index (χ3v) is 7.53. The van der Waals surface area contributed by atoms with Gasteiger partial charge in [-0.2, -0.15) is 0 Å². The second-order valence-corrected chi connectivity index (χ2v) is 9.45. The molecular weight excluding hydrogens is 390 g/mol. The minimum absolute atomic E-state index is 0.230. The topological polar surface area (TPSA) is 74.7 Å². The first-order chi connectivity index (χ1) is 14.0. The average Bonchev–Trinajstić information content (AvgIpc) is 3.32. The maximum absolute atomic E-state index is 13.3. The maximum atomic E-state index is 13.3. The van der Waals surface area contributed by atoms with E-state index in [1.54, 1.807) is 22.8 Å². The molecular formula is C21H30N3O4S+. The first kappa shape index (κ1) is 20.3. The molecule has 1 fully saturated rings. The van der Waals surface area contributed by atoms with Gasteiger partial charge in [0, 0.05) is 17.7 Å². The fraction of sp³-hybridized carbons (Fsp3) is 0.667. The van der Waals surface area contributed by atoms with Gasteiger partial charge in [-0.3, -0.25) is 14.2 Å². The van der Waals surface area contributed by atoms with E-state index in [0.717, 1.165) is 53.9 Å². The Bertz CT molecular complexity index is 1030. The number of thiophene rings is 1. The number of aromatic nitrogens is 2. The number of esters is 1. The van der Waals surface area contributed by atoms with Crippen LogP contribution in [-0.2, 0) is 35.5 Å². The monoisotopic (exact) mass is 420 g/mol. The molecule has 158 valence electrons. The quantitative estimate of drug-likeness (QED) is 0.695. The summed E-state index contributed by atoms with van der Waals surface area (Å²) < 4.78 is 7.84. The number of fused-ring (bicyclic) bond motifs is 3. The lowest BCUT2D eigenvalue weighted by Crippen LogP contribution is -3.10. The maximum Gasteiger partial charge on any atom is 0.332 e. The zero-order chi connectivity index (χ0) is 20.5. The number of hydrogen-bond donors (Lipinski definition) is 1. The number of nitrogens with one attached hydrogen (secondary N) is 1. The van der Waals surface area contributed by atoms with Crippen molar-refractivity contribution >= 4 is 27.5 Å². The fourth-order valence-electron chi connectivity index (χ4n) is 4.67. The molecule has 4 rings (SSSR count). The van der Waals surface area contributed by atoms with Crippen LogP contribution >= 0.6 is 11.3 Å². The summed E-state index contributed by atoms with van der Waals surface area (Å²) in [7, 11) is 0. The number of carbonyl (C=O) groups excluding carboxylic acids is 1. The zero-order valence-electron chi connectivity index (χ0n) is 17.3. The van der Waals surface area contributed by atoms with Gasteiger partial charge in [0.25, 0.3) is 5.56 Å². The number of nitrogens with zero attached hydrogens (tertiary/aromatic N) is 2. The molecule has 2 aromatic heterocycles. The second-order valence-electron chi connectivity index (χ2n) is 8.37. The number of hydrogen-bond acceptors (Lipinski definition) is 5. The van der Waals surface area contributed by atoms with E-state index < -0.39 is 5.97 Å². The SMILES string of the molecule is CCOC(=O)Cn1c(=O)c2c3c(sc2n(CC[NH+]2CCCC2)c1=O)C[C@H](C)CC3. The summed E-state index contributed by atoms with van der Waals surface area (Å²) in [4.78, 5) is 42.1. The molecule has 1 N–H and O–H groups in total. The number of quaternary nitrogens is 1. The molecule has 0 radical (unpaired) electrons. The van der Waals surface area contributed by atoms with Crippen LogP contribution in [0.4, 0.5) is 0 Å². The summed E-state index contributed by atoms with van der Waals surface area (Å²) in [6, 6.07) is 0. The van der Waals surface area contributed by atoms with Gasteiger partial charge in [0.15, 0.2) is 0 Å². The summed E-state index contributed by atoms with van der Waals surface area (Å²) in [6.07, 6.45) is 5.33. The van der Waals surface area contributed by atoms with E-state index in [4.69, 9.17) is 4.74 Å². The van der Waals surface area contributed by atoms with Crippen molar-refractivity contribution in [2.45, 2.75) is 59.0 Å². The Kier molecular flexibility index (Phi) is 5.92. The molecule has 2 aromatic rings. The highest BCUT2D eigenvalue weighted by molar-refractivity contribution is 7.18. The molecule has 0 unspecified atom stereocenters. The van der Waals surface area contributed by atoms with Crippen LogP contribution in [0.5, 0.6) is 0 Å². The van der Waals surface area contributed by atoms with Crippen LogP contribution in [-0.4, -0.2) is 41.3 Å². The number of ether oxygens (including phenoxy) is 1. The fourth-order valence-corrected chi connectivity index (χ4v) is 6.19. The van der Waals surface area contributed by atoms with E-state index in [2.05, 4.69) is 6.92 Å². The van der Waals surface area contributed by atoms with Gasteiger partial charge in [0.05, 0.1) is 38.2 Å². The van der Waals surface area contributed by atoms with Crippen LogP contribution in [0.15, 0.2) is 9.59 Å². The number of aryl methyl sites for hydroxylation is 1. The lowest BCUT2D eigenvalue weighted by atomic mass is 9.89. The van der Waals surface area contributed by atoms with Crippen molar-refractivity contribution in [3.05, 3.63) is 31.3 Å². The summed E-state index contributed by atoms with van der Waals surface area (Å²) >= 11 is 1.60. The molecule has 29 heavy (non-hydrogen) atoms. The van der Waals surface area contributed by atoms with Crippen LogP contribution in [0.25, 0.3) is 10.2 Å². The van der Waals surface area contributed by atoms with Gasteiger partial charge in [0.1, 0.15) is 11.4 Å². The summed E-state index contributed by atoms with van der Waals surface area (Å²) in [5, 5.41) is 0.650. The number of likely N-dealkylation sites (tertiary alicyclic amines) is 1. The first-order valence-electron chi connectivity index (χ1n) is 10.8. The molecule has 1 aliphatic heterocycles. The van der Waals surface area contributed by atoms with Gasteiger partial charge in [-0.05, 0) is 37.7 Å². The van der Waals surface area contributed by atoms with E-state index in [0.29, 0.717) is 17.8 Å². The minimum atomic E-state index is -0.541. The van der Waals surface area contributed by atoms with Gasteiger partial charge in [-0.1, -0.05) is 6.92 Å². The molecule has 0 aromatic carbocycles. The van der Waals surface area contributed by atoms with Gasteiger partial charge >= 0.3 is 11.7 Å². The standard InChI is InChI=1S/C21H29N3O4S/c1-3-28-17(25)13-24-19(26)18-15-7-6-14(2)12-16(15)29-20(18)23(21(24)27)11-10-22-8-4-5-9-22/h14H,3-13H2,1-2H3/p+1/t14-/m1/s1. The normalized spacial score (nSPS) is 19.6. The van der Waals surface area contributed by atoms with Crippen molar-refractivity contribution in [3.63, 3.8) is 0 Å². The molecule has 3 heterocycles. The van der Waals surface area contributed by atoms with Crippen molar-refractivity contribution in [2.24, 2.45) is 5.92 Å². The van der Waals surface area contributed by atoms with Gasteiger partial charge < -0.3 is 9.64 Å². The Morgan fingerprint density at radius 1 is 1.24 bits per heavy atom. The lowest BCUT2D eigenvalue weighted by Gasteiger charge is -2.17. The third-order valence-electron chi connectivity index (χ3n) is 6.25. The number of carbonyl (C=O) groups is 1. The predicted octanol–water partition coefficient (Wildman–Crippen LogP) is 0.591. The highest BCUT2D eigenvalue weighted by Crippen LogP contribution is 2.36. The van der Waals surface area contributed by atoms with E-state index in [1.807, 2.05) is 0 Å². The number of rotatable bonds is 6. The third kappa shape index (κ3) is 3.92. The van der Waals surface area contributed by atoms with E-state index in [9.17, 15) is 14.4 Å². The molecule has 1 saturated heterocycles.